The van der Waals surface area contributed by atoms with Crippen LogP contribution < -0.4 is 5.32 Å². The Bertz CT molecular complexity index is 685. The average molecular weight is 336 g/mol. The smallest absolute Gasteiger partial charge is 0.337 e. The second-order valence-electron chi connectivity index (χ2n) is 3.94. The van der Waals surface area contributed by atoms with Crippen molar-refractivity contribution in [3.63, 3.8) is 0 Å². The van der Waals surface area contributed by atoms with Crippen molar-refractivity contribution in [3.05, 3.63) is 58.1 Å². The number of carboxylic acids is 1. The van der Waals surface area contributed by atoms with Crippen LogP contribution in [0.4, 0.5) is 5.69 Å². The normalized spacial score (nSPS) is 10.1. The molecule has 0 aromatic heterocycles. The quantitative estimate of drug-likeness (QED) is 0.804. The van der Waals surface area contributed by atoms with Gasteiger partial charge in [-0.05, 0) is 40.2 Å². The average Bonchev–Trinajstić information content (AvgIpc) is 2.41. The van der Waals surface area contributed by atoms with Crippen molar-refractivity contribution in [1.29, 1.82) is 0 Å². The number of rotatable bonds is 3. The molecule has 0 atom stereocenters. The van der Waals surface area contributed by atoms with E-state index in [1.807, 2.05) is 0 Å². The van der Waals surface area contributed by atoms with E-state index in [2.05, 4.69) is 21.2 Å². The molecule has 0 heterocycles. The van der Waals surface area contributed by atoms with Crippen molar-refractivity contribution in [2.45, 2.75) is 0 Å². The van der Waals surface area contributed by atoms with Crippen LogP contribution in [-0.2, 0) is 0 Å². The van der Waals surface area contributed by atoms with E-state index in [9.17, 15) is 14.7 Å². The maximum absolute atomic E-state index is 12.1. The second-order valence-corrected chi connectivity index (χ2v) is 4.79. The van der Waals surface area contributed by atoms with Gasteiger partial charge in [0.25, 0.3) is 5.91 Å². The number of nitrogens with one attached hydrogen (secondary N) is 1. The Morgan fingerprint density at radius 2 is 1.65 bits per heavy atom. The van der Waals surface area contributed by atoms with Crippen LogP contribution >= 0.6 is 15.9 Å². The van der Waals surface area contributed by atoms with Gasteiger partial charge in [0.1, 0.15) is 5.75 Å². The van der Waals surface area contributed by atoms with E-state index >= 15 is 0 Å². The van der Waals surface area contributed by atoms with Crippen LogP contribution in [0.1, 0.15) is 20.7 Å². The Hall–Kier alpha value is -2.34. The third kappa shape index (κ3) is 2.80. The van der Waals surface area contributed by atoms with Crippen molar-refractivity contribution < 1.29 is 19.8 Å². The first-order chi connectivity index (χ1) is 9.50. The number of hydrogen-bond acceptors (Lipinski definition) is 3. The summed E-state index contributed by atoms with van der Waals surface area (Å²) in [6.45, 7) is 0. The van der Waals surface area contributed by atoms with E-state index in [1.165, 1.54) is 18.2 Å². The zero-order valence-corrected chi connectivity index (χ0v) is 11.7. The molecule has 0 aliphatic heterocycles. The van der Waals surface area contributed by atoms with E-state index < -0.39 is 11.9 Å². The molecule has 1 amide bonds. The minimum Gasteiger partial charge on any atom is -0.507 e. The highest BCUT2D eigenvalue weighted by Gasteiger charge is 2.17. The van der Waals surface area contributed by atoms with Crippen LogP contribution in [0.15, 0.2) is 46.9 Å². The summed E-state index contributed by atoms with van der Waals surface area (Å²) >= 11 is 3.19. The van der Waals surface area contributed by atoms with E-state index in [4.69, 9.17) is 5.11 Å². The Labute approximate surface area is 123 Å². The molecule has 0 saturated heterocycles. The number of amides is 1. The molecule has 0 saturated carbocycles. The van der Waals surface area contributed by atoms with Crippen LogP contribution in [0, 0.1) is 0 Å². The number of halogens is 1. The molecule has 2 aromatic rings. The second kappa shape index (κ2) is 5.75. The summed E-state index contributed by atoms with van der Waals surface area (Å²) in [5, 5.41) is 21.2. The van der Waals surface area contributed by atoms with Crippen LogP contribution in [0.2, 0.25) is 0 Å². The number of hydrogen-bond donors (Lipinski definition) is 3. The molecule has 5 nitrogen and oxygen atoms in total. The predicted octanol–water partition coefficient (Wildman–Crippen LogP) is 3.11. The predicted molar refractivity (Wildman–Crippen MR) is 77.2 cm³/mol. The number of aromatic carboxylic acids is 1. The van der Waals surface area contributed by atoms with E-state index in [1.54, 1.807) is 24.3 Å². The molecular weight excluding hydrogens is 326 g/mol. The van der Waals surface area contributed by atoms with Crippen molar-refractivity contribution in [2.75, 3.05) is 5.32 Å². The van der Waals surface area contributed by atoms with Crippen molar-refractivity contribution in [3.8, 4) is 5.75 Å². The van der Waals surface area contributed by atoms with E-state index in [0.29, 0.717) is 4.47 Å². The van der Waals surface area contributed by atoms with Crippen molar-refractivity contribution in [1.82, 2.24) is 0 Å². The van der Waals surface area contributed by atoms with Gasteiger partial charge in [-0.15, -0.1) is 0 Å². The lowest BCUT2D eigenvalue weighted by atomic mass is 10.1. The lowest BCUT2D eigenvalue weighted by Crippen LogP contribution is -2.15. The molecule has 2 aromatic carbocycles. The Kier molecular flexibility index (Phi) is 4.05. The van der Waals surface area contributed by atoms with Crippen molar-refractivity contribution >= 4 is 33.5 Å². The Morgan fingerprint density at radius 1 is 1.00 bits per heavy atom. The lowest BCUT2D eigenvalue weighted by Gasteiger charge is -2.11. The maximum Gasteiger partial charge on any atom is 0.337 e. The van der Waals surface area contributed by atoms with Crippen LogP contribution in [-0.4, -0.2) is 22.1 Å². The maximum atomic E-state index is 12.1. The Balaban J connectivity index is 2.38. The van der Waals surface area contributed by atoms with Gasteiger partial charge in [-0.1, -0.05) is 18.2 Å². The van der Waals surface area contributed by atoms with E-state index in [0.717, 1.165) is 0 Å². The Morgan fingerprint density at radius 3 is 2.30 bits per heavy atom. The molecule has 3 N–H and O–H groups in total. The molecular formula is C14H10BrNO4. The zero-order valence-electron chi connectivity index (χ0n) is 10.1. The van der Waals surface area contributed by atoms with Crippen LogP contribution in [0.25, 0.3) is 0 Å². The number of carbonyl (C=O) groups excluding carboxylic acids is 1. The standard InChI is InChI=1S/C14H10BrNO4/c15-10-6-3-5-9(14(19)20)12(10)16-13(18)8-4-1-2-7-11(8)17/h1-7,17H,(H,16,18)(H,19,20). The fourth-order valence-electron chi connectivity index (χ4n) is 1.68. The van der Waals surface area contributed by atoms with Gasteiger partial charge in [0.05, 0.1) is 16.8 Å². The molecule has 0 bridgehead atoms. The van der Waals surface area contributed by atoms with Gasteiger partial charge in [-0.2, -0.15) is 0 Å². The summed E-state index contributed by atoms with van der Waals surface area (Å²) in [5.74, 6) is -1.91. The van der Waals surface area contributed by atoms with E-state index in [-0.39, 0.29) is 22.6 Å². The minimum atomic E-state index is -1.15. The first-order valence-corrected chi connectivity index (χ1v) is 6.41. The highest BCUT2D eigenvalue weighted by atomic mass is 79.9. The minimum absolute atomic E-state index is 0.0388. The van der Waals surface area contributed by atoms with Crippen molar-refractivity contribution in [2.24, 2.45) is 0 Å². The van der Waals surface area contributed by atoms with Gasteiger partial charge >= 0.3 is 5.97 Å². The third-order valence-corrected chi connectivity index (χ3v) is 3.29. The molecule has 0 aliphatic rings. The summed E-state index contributed by atoms with van der Waals surface area (Å²) in [5.41, 5.74) is 0.177. The molecule has 0 aliphatic carbocycles. The molecule has 0 unspecified atom stereocenters. The van der Waals surface area contributed by atoms with Crippen LogP contribution in [0.3, 0.4) is 0 Å². The molecule has 0 fully saturated rings. The van der Waals surface area contributed by atoms with Crippen LogP contribution in [0.5, 0.6) is 5.75 Å². The van der Waals surface area contributed by atoms with Gasteiger partial charge in [0.15, 0.2) is 0 Å². The first kappa shape index (κ1) is 14.1. The highest BCUT2D eigenvalue weighted by Crippen LogP contribution is 2.28. The summed E-state index contributed by atoms with van der Waals surface area (Å²) in [7, 11) is 0. The molecule has 6 heteroatoms. The number of benzene rings is 2. The number of carboxylic acid groups (broad SMARTS) is 1. The fourth-order valence-corrected chi connectivity index (χ4v) is 2.14. The largest absolute Gasteiger partial charge is 0.507 e. The summed E-state index contributed by atoms with van der Waals surface area (Å²) in [6, 6.07) is 10.6. The van der Waals surface area contributed by atoms with Gasteiger partial charge in [0.2, 0.25) is 0 Å². The number of phenols is 1. The van der Waals surface area contributed by atoms with Gasteiger partial charge in [-0.3, -0.25) is 4.79 Å². The topological polar surface area (TPSA) is 86.6 Å². The highest BCUT2D eigenvalue weighted by molar-refractivity contribution is 9.10. The summed E-state index contributed by atoms with van der Waals surface area (Å²) in [6.07, 6.45) is 0. The molecule has 0 spiro atoms. The number of anilines is 1. The lowest BCUT2D eigenvalue weighted by molar-refractivity contribution is 0.0698. The summed E-state index contributed by atoms with van der Waals surface area (Å²) < 4.78 is 0.446. The monoisotopic (exact) mass is 335 g/mol. The number of aromatic hydroxyl groups is 1. The number of phenolic OH excluding ortho intramolecular Hbond substituents is 1. The number of carbonyl (C=O) groups is 2. The van der Waals surface area contributed by atoms with Gasteiger partial charge in [-0.25, -0.2) is 4.79 Å². The number of para-hydroxylation sites is 2. The first-order valence-electron chi connectivity index (χ1n) is 5.62. The van der Waals surface area contributed by atoms with Gasteiger partial charge < -0.3 is 15.5 Å². The third-order valence-electron chi connectivity index (χ3n) is 2.63. The van der Waals surface area contributed by atoms with Gasteiger partial charge in [0, 0.05) is 4.47 Å². The summed E-state index contributed by atoms with van der Waals surface area (Å²) in [4.78, 5) is 23.2. The molecule has 2 rings (SSSR count). The molecule has 20 heavy (non-hydrogen) atoms. The zero-order chi connectivity index (χ0) is 14.7. The fraction of sp³-hybridized carbons (Fsp3) is 0. The SMILES string of the molecule is O=C(Nc1c(Br)cccc1C(=O)O)c1ccccc1O. The molecule has 0 radical (unpaired) electrons. The molecule has 102 valence electrons.